The summed E-state index contributed by atoms with van der Waals surface area (Å²) in [6.07, 6.45) is 5.67. The molecule has 0 spiro atoms. The molecule has 1 saturated carbocycles. The maximum Gasteiger partial charge on any atom is 0.0630 e. The number of hydrogen-bond donors (Lipinski definition) is 1. The van der Waals surface area contributed by atoms with Crippen LogP contribution < -0.4 is 5.73 Å². The first-order valence-corrected chi connectivity index (χ1v) is 5.39. The second kappa shape index (κ2) is 3.39. The fraction of sp³-hybridized carbons (Fsp3) is 0.727. The largest absolute Gasteiger partial charge is 0.330 e. The van der Waals surface area contributed by atoms with Gasteiger partial charge in [0.15, 0.2) is 0 Å². The zero-order chi connectivity index (χ0) is 10.2. The van der Waals surface area contributed by atoms with Crippen LogP contribution in [0.3, 0.4) is 0 Å². The summed E-state index contributed by atoms with van der Waals surface area (Å²) in [4.78, 5) is 0. The van der Waals surface area contributed by atoms with E-state index in [0.717, 1.165) is 13.0 Å². The van der Waals surface area contributed by atoms with Crippen molar-refractivity contribution in [1.82, 2.24) is 9.78 Å². The van der Waals surface area contributed by atoms with Gasteiger partial charge in [-0.1, -0.05) is 0 Å². The molecule has 3 heteroatoms. The van der Waals surface area contributed by atoms with Crippen LogP contribution in [0.15, 0.2) is 12.3 Å². The fourth-order valence-corrected chi connectivity index (χ4v) is 1.77. The zero-order valence-electron chi connectivity index (χ0n) is 9.03. The molecule has 0 atom stereocenters. The number of hydrogen-bond acceptors (Lipinski definition) is 2. The summed E-state index contributed by atoms with van der Waals surface area (Å²) in [7, 11) is 0. The van der Waals surface area contributed by atoms with Crippen molar-refractivity contribution >= 4 is 0 Å². The average Bonchev–Trinajstić information content (AvgIpc) is 2.75. The lowest BCUT2D eigenvalue weighted by Gasteiger charge is -2.09. The molecule has 0 saturated heterocycles. The SMILES string of the molecule is CC(C)n1ccc(CC2(CN)CC2)n1. The van der Waals surface area contributed by atoms with E-state index in [1.807, 2.05) is 4.68 Å². The third-order valence-electron chi connectivity index (χ3n) is 3.14. The molecule has 1 fully saturated rings. The normalized spacial score (nSPS) is 18.9. The lowest BCUT2D eigenvalue weighted by molar-refractivity contribution is 0.488. The van der Waals surface area contributed by atoms with Gasteiger partial charge >= 0.3 is 0 Å². The van der Waals surface area contributed by atoms with Crippen LogP contribution in [-0.4, -0.2) is 16.3 Å². The number of rotatable bonds is 4. The van der Waals surface area contributed by atoms with E-state index in [4.69, 9.17) is 5.73 Å². The van der Waals surface area contributed by atoms with E-state index in [2.05, 4.69) is 31.2 Å². The molecule has 2 rings (SSSR count). The lowest BCUT2D eigenvalue weighted by atomic mass is 10.0. The van der Waals surface area contributed by atoms with Gasteiger partial charge in [-0.05, 0) is 51.1 Å². The molecule has 0 aromatic carbocycles. The Morgan fingerprint density at radius 2 is 2.29 bits per heavy atom. The Kier molecular flexibility index (Phi) is 2.35. The minimum absolute atomic E-state index is 0.399. The molecule has 0 amide bonds. The molecule has 1 aromatic heterocycles. The molecule has 1 aliphatic carbocycles. The van der Waals surface area contributed by atoms with Gasteiger partial charge in [0.25, 0.3) is 0 Å². The van der Waals surface area contributed by atoms with E-state index < -0.39 is 0 Å². The molecule has 1 aromatic rings. The van der Waals surface area contributed by atoms with E-state index in [9.17, 15) is 0 Å². The summed E-state index contributed by atoms with van der Waals surface area (Å²) in [5, 5.41) is 4.54. The fourth-order valence-electron chi connectivity index (χ4n) is 1.77. The van der Waals surface area contributed by atoms with Gasteiger partial charge in [0, 0.05) is 12.2 Å². The smallest absolute Gasteiger partial charge is 0.0630 e. The predicted molar refractivity (Wildman–Crippen MR) is 57.0 cm³/mol. The topological polar surface area (TPSA) is 43.8 Å². The van der Waals surface area contributed by atoms with Crippen LogP contribution in [0.5, 0.6) is 0 Å². The number of nitrogens with zero attached hydrogens (tertiary/aromatic N) is 2. The van der Waals surface area contributed by atoms with Crippen LogP contribution in [0.4, 0.5) is 0 Å². The van der Waals surface area contributed by atoms with Crippen molar-refractivity contribution in [3.63, 3.8) is 0 Å². The highest BCUT2D eigenvalue weighted by molar-refractivity contribution is 5.08. The van der Waals surface area contributed by atoms with Crippen molar-refractivity contribution in [2.45, 2.75) is 39.2 Å². The quantitative estimate of drug-likeness (QED) is 0.791. The first-order chi connectivity index (χ1) is 6.65. The molecule has 2 N–H and O–H groups in total. The summed E-state index contributed by atoms with van der Waals surface area (Å²) < 4.78 is 2.02. The minimum Gasteiger partial charge on any atom is -0.330 e. The lowest BCUT2D eigenvalue weighted by Crippen LogP contribution is -2.18. The summed E-state index contributed by atoms with van der Waals surface area (Å²) in [5.74, 6) is 0. The second-order valence-electron chi connectivity index (χ2n) is 4.76. The van der Waals surface area contributed by atoms with Crippen molar-refractivity contribution in [3.05, 3.63) is 18.0 Å². The van der Waals surface area contributed by atoms with E-state index in [1.54, 1.807) is 0 Å². The van der Waals surface area contributed by atoms with Crippen molar-refractivity contribution in [2.75, 3.05) is 6.54 Å². The standard InChI is InChI=1S/C11H19N3/c1-9(2)14-6-3-10(13-14)7-11(8-12)4-5-11/h3,6,9H,4-5,7-8,12H2,1-2H3. The summed E-state index contributed by atoms with van der Waals surface area (Å²) in [6, 6.07) is 2.58. The Bertz CT molecular complexity index is 310. The third-order valence-corrected chi connectivity index (χ3v) is 3.14. The van der Waals surface area contributed by atoms with Gasteiger partial charge in [-0.2, -0.15) is 5.10 Å². The van der Waals surface area contributed by atoms with Crippen LogP contribution in [0.2, 0.25) is 0 Å². The molecular formula is C11H19N3. The molecule has 0 unspecified atom stereocenters. The van der Waals surface area contributed by atoms with E-state index in [0.29, 0.717) is 11.5 Å². The maximum absolute atomic E-state index is 5.75. The van der Waals surface area contributed by atoms with Crippen LogP contribution >= 0.6 is 0 Å². The maximum atomic E-state index is 5.75. The first-order valence-electron chi connectivity index (χ1n) is 5.39. The second-order valence-corrected chi connectivity index (χ2v) is 4.76. The van der Waals surface area contributed by atoms with Crippen LogP contribution in [0.25, 0.3) is 0 Å². The first kappa shape index (κ1) is 9.71. The predicted octanol–water partition coefficient (Wildman–Crippen LogP) is 1.75. The van der Waals surface area contributed by atoms with Gasteiger partial charge in [-0.3, -0.25) is 4.68 Å². The van der Waals surface area contributed by atoms with Gasteiger partial charge in [-0.15, -0.1) is 0 Å². The van der Waals surface area contributed by atoms with Gasteiger partial charge in [0.2, 0.25) is 0 Å². The van der Waals surface area contributed by atoms with Gasteiger partial charge in [-0.25, -0.2) is 0 Å². The Morgan fingerprint density at radius 3 is 2.71 bits per heavy atom. The molecular weight excluding hydrogens is 174 g/mol. The highest BCUT2D eigenvalue weighted by Crippen LogP contribution is 2.46. The van der Waals surface area contributed by atoms with Crippen molar-refractivity contribution < 1.29 is 0 Å². The van der Waals surface area contributed by atoms with Crippen molar-refractivity contribution in [2.24, 2.45) is 11.1 Å². The molecule has 14 heavy (non-hydrogen) atoms. The molecule has 1 heterocycles. The Balaban J connectivity index is 2.03. The summed E-state index contributed by atoms with van der Waals surface area (Å²) in [5.41, 5.74) is 7.34. The highest BCUT2D eigenvalue weighted by atomic mass is 15.3. The third kappa shape index (κ3) is 1.82. The number of aromatic nitrogens is 2. The Morgan fingerprint density at radius 1 is 1.57 bits per heavy atom. The van der Waals surface area contributed by atoms with Crippen LogP contribution in [0, 0.1) is 5.41 Å². The monoisotopic (exact) mass is 193 g/mol. The van der Waals surface area contributed by atoms with E-state index in [-0.39, 0.29) is 0 Å². The molecule has 0 radical (unpaired) electrons. The van der Waals surface area contributed by atoms with Crippen LogP contribution in [-0.2, 0) is 6.42 Å². The summed E-state index contributed by atoms with van der Waals surface area (Å²) >= 11 is 0. The Labute approximate surface area is 85.3 Å². The molecule has 0 aliphatic heterocycles. The van der Waals surface area contributed by atoms with Crippen molar-refractivity contribution in [1.29, 1.82) is 0 Å². The molecule has 3 nitrogen and oxygen atoms in total. The van der Waals surface area contributed by atoms with Gasteiger partial charge < -0.3 is 5.73 Å². The highest BCUT2D eigenvalue weighted by Gasteiger charge is 2.41. The summed E-state index contributed by atoms with van der Waals surface area (Å²) in [6.45, 7) is 5.10. The Hall–Kier alpha value is -0.830. The molecule has 0 bridgehead atoms. The molecule has 78 valence electrons. The van der Waals surface area contributed by atoms with Gasteiger partial charge in [0.05, 0.1) is 5.69 Å². The minimum atomic E-state index is 0.399. The van der Waals surface area contributed by atoms with E-state index >= 15 is 0 Å². The van der Waals surface area contributed by atoms with Crippen LogP contribution in [0.1, 0.15) is 38.4 Å². The van der Waals surface area contributed by atoms with Crippen molar-refractivity contribution in [3.8, 4) is 0 Å². The average molecular weight is 193 g/mol. The van der Waals surface area contributed by atoms with Gasteiger partial charge in [0.1, 0.15) is 0 Å². The molecule has 1 aliphatic rings. The zero-order valence-corrected chi connectivity index (χ0v) is 9.03. The number of nitrogens with two attached hydrogens (primary N) is 1. The van der Waals surface area contributed by atoms with E-state index in [1.165, 1.54) is 18.5 Å².